The van der Waals surface area contributed by atoms with E-state index in [2.05, 4.69) is 33.9 Å². The molecule has 3 atom stereocenters. The molecule has 1 heterocycles. The Bertz CT molecular complexity index is 1240. The van der Waals surface area contributed by atoms with Crippen LogP contribution in [0.5, 0.6) is 28.7 Å². The van der Waals surface area contributed by atoms with Crippen LogP contribution < -0.4 is 23.7 Å². The number of hydrogen-bond acceptors (Lipinski definition) is 9. The molecule has 0 unspecified atom stereocenters. The van der Waals surface area contributed by atoms with Gasteiger partial charge < -0.3 is 32.8 Å². The number of hydrogen-bond donors (Lipinski definition) is 0. The van der Waals surface area contributed by atoms with E-state index in [1.54, 1.807) is 24.3 Å². The van der Waals surface area contributed by atoms with Gasteiger partial charge in [-0.25, -0.2) is 0 Å². The summed E-state index contributed by atoms with van der Waals surface area (Å²) in [5, 5.41) is -0.0779. The Kier molecular flexibility index (Phi) is 7.91. The molecule has 0 radical (unpaired) electrons. The second kappa shape index (κ2) is 10.7. The summed E-state index contributed by atoms with van der Waals surface area (Å²) < 4.78 is 39.9. The van der Waals surface area contributed by atoms with Crippen molar-refractivity contribution in [2.45, 2.75) is 44.8 Å². The molecule has 9 nitrogen and oxygen atoms in total. The number of Topliss-reactive ketones (excluding diaryl/α,β-unsaturated/α-hetero) is 1. The Morgan fingerprint density at radius 2 is 1.54 bits per heavy atom. The zero-order valence-electron chi connectivity index (χ0n) is 24.1. The molecule has 10 heteroatoms. The maximum absolute atomic E-state index is 14.1. The van der Waals surface area contributed by atoms with Crippen LogP contribution in [0.15, 0.2) is 24.3 Å². The third-order valence-electron chi connectivity index (χ3n) is 8.22. The average molecular weight is 559 g/mol. The Labute approximate surface area is 230 Å². The van der Waals surface area contributed by atoms with Crippen molar-refractivity contribution in [2.75, 3.05) is 41.8 Å². The fourth-order valence-electron chi connectivity index (χ4n) is 5.02. The van der Waals surface area contributed by atoms with Crippen LogP contribution in [-0.4, -0.2) is 61.9 Å². The highest BCUT2D eigenvalue weighted by molar-refractivity contribution is 6.74. The molecule has 2 aromatic rings. The third-order valence-corrected chi connectivity index (χ3v) is 12.7. The lowest BCUT2D eigenvalue weighted by molar-refractivity contribution is -0.148. The number of methoxy groups -OCH3 is 4. The van der Waals surface area contributed by atoms with E-state index in [1.807, 2.05) is 0 Å². The largest absolute Gasteiger partial charge is 0.493 e. The third kappa shape index (κ3) is 5.07. The van der Waals surface area contributed by atoms with E-state index in [-0.39, 0.29) is 24.2 Å². The van der Waals surface area contributed by atoms with Gasteiger partial charge in [0.25, 0.3) is 0 Å². The van der Waals surface area contributed by atoms with Gasteiger partial charge >= 0.3 is 5.97 Å². The molecule has 0 N–H and O–H groups in total. The number of fused-ring (bicyclic) bond motifs is 2. The Hall–Kier alpha value is -3.24. The molecule has 0 bridgehead atoms. The maximum Gasteiger partial charge on any atom is 0.310 e. The van der Waals surface area contributed by atoms with E-state index >= 15 is 0 Å². The molecule has 212 valence electrons. The fourth-order valence-corrected chi connectivity index (χ4v) is 6.04. The fraction of sp³-hybridized carbons (Fsp3) is 0.517. The van der Waals surface area contributed by atoms with E-state index in [4.69, 9.17) is 32.8 Å². The number of benzene rings is 2. The molecule has 1 aliphatic carbocycles. The van der Waals surface area contributed by atoms with Crippen molar-refractivity contribution in [1.82, 2.24) is 0 Å². The van der Waals surface area contributed by atoms with Crippen molar-refractivity contribution < 1.29 is 42.4 Å². The van der Waals surface area contributed by atoms with Gasteiger partial charge in [0.2, 0.25) is 12.5 Å². The van der Waals surface area contributed by atoms with Crippen molar-refractivity contribution in [3.8, 4) is 28.7 Å². The lowest BCUT2D eigenvalue weighted by Crippen LogP contribution is -2.47. The minimum absolute atomic E-state index is 0.0552. The van der Waals surface area contributed by atoms with Gasteiger partial charge in [-0.05, 0) is 53.5 Å². The summed E-state index contributed by atoms with van der Waals surface area (Å²) in [4.78, 5) is 27.6. The van der Waals surface area contributed by atoms with E-state index in [0.717, 1.165) is 0 Å². The van der Waals surface area contributed by atoms with Crippen molar-refractivity contribution in [3.63, 3.8) is 0 Å². The number of carbonyl (C=O) groups is 2. The number of ketones is 1. The first-order valence-corrected chi connectivity index (χ1v) is 15.8. The normalized spacial score (nSPS) is 20.3. The van der Waals surface area contributed by atoms with E-state index in [9.17, 15) is 9.59 Å². The number of rotatable bonds is 8. The second-order valence-electron chi connectivity index (χ2n) is 11.3. The van der Waals surface area contributed by atoms with E-state index < -0.39 is 32.0 Å². The highest BCUT2D eigenvalue weighted by Crippen LogP contribution is 2.51. The Balaban J connectivity index is 1.94. The van der Waals surface area contributed by atoms with Gasteiger partial charge in [0.1, 0.15) is 0 Å². The monoisotopic (exact) mass is 558 g/mol. The first kappa shape index (κ1) is 28.8. The second-order valence-corrected chi connectivity index (χ2v) is 16.1. The van der Waals surface area contributed by atoms with E-state index in [0.29, 0.717) is 45.4 Å². The smallest absolute Gasteiger partial charge is 0.310 e. The standard InChI is InChI=1S/C29H38O9Si/c1-29(2,3)39(8,9)38-14-19-25(28(31)35-7)24(16-10-22(32-4)27(34-6)23(11-16)33-5)17-12-20-21(37-15-36-20)13-18(17)26(19)30/h10-13,19,24-25H,14-15H2,1-9H3/t19-,24-,25-/m1/s1. The molecule has 0 saturated heterocycles. The summed E-state index contributed by atoms with van der Waals surface area (Å²) in [5.74, 6) is -0.658. The summed E-state index contributed by atoms with van der Waals surface area (Å²) in [6.07, 6.45) is 0. The molecule has 0 spiro atoms. The lowest BCUT2D eigenvalue weighted by Gasteiger charge is -2.41. The van der Waals surface area contributed by atoms with Gasteiger partial charge in [0.05, 0.1) is 40.3 Å². The number of esters is 1. The highest BCUT2D eigenvalue weighted by atomic mass is 28.4. The van der Waals surface area contributed by atoms with Crippen molar-refractivity contribution in [1.29, 1.82) is 0 Å². The van der Waals surface area contributed by atoms with Crippen LogP contribution in [0.4, 0.5) is 0 Å². The summed E-state index contributed by atoms with van der Waals surface area (Å²) in [5.41, 5.74) is 1.80. The number of carbonyl (C=O) groups excluding carboxylic acids is 2. The van der Waals surface area contributed by atoms with Crippen LogP contribution >= 0.6 is 0 Å². The summed E-state index contributed by atoms with van der Waals surface area (Å²) >= 11 is 0. The summed E-state index contributed by atoms with van der Waals surface area (Å²) in [6, 6.07) is 7.10. The number of ether oxygens (including phenoxy) is 6. The Morgan fingerprint density at radius 3 is 2.05 bits per heavy atom. The first-order chi connectivity index (χ1) is 18.4. The molecular formula is C29H38O9Si. The van der Waals surface area contributed by atoms with Crippen LogP contribution in [-0.2, 0) is 14.0 Å². The molecule has 0 aromatic heterocycles. The van der Waals surface area contributed by atoms with Crippen LogP contribution in [0.1, 0.15) is 48.2 Å². The molecular weight excluding hydrogens is 520 g/mol. The SMILES string of the molecule is COC(=O)[C@H]1[C@H](c2cc(OC)c(OC)c(OC)c2)c2cc3c(cc2C(=O)[C@@H]1CO[Si](C)(C)C(C)(C)C)OCO3. The van der Waals surface area contributed by atoms with Gasteiger partial charge in [0.15, 0.2) is 37.1 Å². The van der Waals surface area contributed by atoms with Crippen LogP contribution in [0.3, 0.4) is 0 Å². The zero-order valence-corrected chi connectivity index (χ0v) is 25.1. The molecule has 1 aliphatic heterocycles. The van der Waals surface area contributed by atoms with Gasteiger partial charge in [-0.2, -0.15) is 0 Å². The molecule has 0 amide bonds. The molecule has 2 aliphatic rings. The minimum Gasteiger partial charge on any atom is -0.493 e. The minimum atomic E-state index is -2.25. The van der Waals surface area contributed by atoms with Crippen molar-refractivity contribution in [2.24, 2.45) is 11.8 Å². The predicted octanol–water partition coefficient (Wildman–Crippen LogP) is 5.20. The molecule has 0 fully saturated rings. The van der Waals surface area contributed by atoms with Gasteiger partial charge in [-0.15, -0.1) is 0 Å². The van der Waals surface area contributed by atoms with Gasteiger partial charge in [0, 0.05) is 18.1 Å². The average Bonchev–Trinajstić information content (AvgIpc) is 3.37. The predicted molar refractivity (Wildman–Crippen MR) is 147 cm³/mol. The van der Waals surface area contributed by atoms with Gasteiger partial charge in [-0.3, -0.25) is 9.59 Å². The highest BCUT2D eigenvalue weighted by Gasteiger charge is 2.50. The molecule has 2 aromatic carbocycles. The molecule has 39 heavy (non-hydrogen) atoms. The van der Waals surface area contributed by atoms with Gasteiger partial charge in [-0.1, -0.05) is 20.8 Å². The zero-order chi connectivity index (χ0) is 28.7. The Morgan fingerprint density at radius 1 is 0.949 bits per heavy atom. The van der Waals surface area contributed by atoms with Crippen molar-refractivity contribution >= 4 is 20.1 Å². The maximum atomic E-state index is 14.1. The van der Waals surface area contributed by atoms with Crippen LogP contribution in [0.2, 0.25) is 18.1 Å². The summed E-state index contributed by atoms with van der Waals surface area (Å²) in [7, 11) is 3.68. The summed E-state index contributed by atoms with van der Waals surface area (Å²) in [6.45, 7) is 10.8. The molecule has 0 saturated carbocycles. The van der Waals surface area contributed by atoms with Crippen molar-refractivity contribution in [3.05, 3.63) is 41.0 Å². The topological polar surface area (TPSA) is 98.8 Å². The van der Waals surface area contributed by atoms with Crippen LogP contribution in [0.25, 0.3) is 0 Å². The van der Waals surface area contributed by atoms with E-state index in [1.165, 1.54) is 28.4 Å². The quantitative estimate of drug-likeness (QED) is 0.320. The first-order valence-electron chi connectivity index (χ1n) is 12.9. The lowest BCUT2D eigenvalue weighted by atomic mass is 9.66. The van der Waals surface area contributed by atoms with Crippen LogP contribution in [0, 0.1) is 11.8 Å². The molecule has 4 rings (SSSR count).